The highest BCUT2D eigenvalue weighted by molar-refractivity contribution is 6.23. The van der Waals surface area contributed by atoms with Crippen molar-refractivity contribution in [2.45, 2.75) is 0 Å². The third-order valence-corrected chi connectivity index (χ3v) is 9.81. The summed E-state index contributed by atoms with van der Waals surface area (Å²) in [7, 11) is 0. The molecule has 1 aliphatic rings. The number of benzene rings is 6. The van der Waals surface area contributed by atoms with Gasteiger partial charge in [0.1, 0.15) is 11.2 Å². The molecular formula is C43H24N4O. The van der Waals surface area contributed by atoms with E-state index in [0.29, 0.717) is 0 Å². The molecule has 5 nitrogen and oxygen atoms in total. The molecule has 4 aromatic heterocycles. The van der Waals surface area contributed by atoms with Crippen LogP contribution in [0.3, 0.4) is 0 Å². The number of hydrogen-bond donors (Lipinski definition) is 0. The van der Waals surface area contributed by atoms with Crippen LogP contribution >= 0.6 is 0 Å². The van der Waals surface area contributed by atoms with Gasteiger partial charge in [-0.1, -0.05) is 84.9 Å². The molecule has 1 aliphatic heterocycles. The molecule has 48 heavy (non-hydrogen) atoms. The van der Waals surface area contributed by atoms with Crippen molar-refractivity contribution in [3.8, 4) is 28.2 Å². The average Bonchev–Trinajstić information content (AvgIpc) is 3.62. The zero-order chi connectivity index (χ0) is 31.3. The van der Waals surface area contributed by atoms with Crippen LogP contribution in [0.2, 0.25) is 0 Å². The van der Waals surface area contributed by atoms with Gasteiger partial charge in [0.25, 0.3) is 0 Å². The highest BCUT2D eigenvalue weighted by Crippen LogP contribution is 2.45. The Bertz CT molecular complexity index is 3000. The van der Waals surface area contributed by atoms with E-state index in [0.717, 1.165) is 77.6 Å². The fraction of sp³-hybridized carbons (Fsp3) is 0. The first kappa shape index (κ1) is 25.6. The molecule has 5 heterocycles. The van der Waals surface area contributed by atoms with Crippen molar-refractivity contribution >= 4 is 77.7 Å². The smallest absolute Gasteiger partial charge is 0.136 e. The van der Waals surface area contributed by atoms with Gasteiger partial charge < -0.3 is 8.98 Å². The number of rotatable bonds is 2. The Balaban J connectivity index is 1.26. The molecule has 0 atom stereocenters. The summed E-state index contributed by atoms with van der Waals surface area (Å²) in [6.07, 6.45) is 8.14. The molecule has 10 aromatic rings. The van der Waals surface area contributed by atoms with Crippen molar-refractivity contribution in [2.75, 3.05) is 0 Å². The zero-order valence-corrected chi connectivity index (χ0v) is 25.6. The van der Waals surface area contributed by atoms with Crippen LogP contribution in [0.1, 0.15) is 11.1 Å². The molecule has 0 spiro atoms. The number of aromatic nitrogens is 4. The predicted octanol–water partition coefficient (Wildman–Crippen LogP) is 11.0. The van der Waals surface area contributed by atoms with Gasteiger partial charge in [-0.3, -0.25) is 4.98 Å². The standard InChI is InChI=1S/C43H24N4O/c1-4-16-38-29(10-1)34-22-26-18-20-32-31-12-5-8-25-17-19-28-30(11-6-15-37(28)47(42(25)31)43(32)33(26)23-39(34)48-38)41-40(27-9-7-21-44-24-27)45-35-13-2-3-14-36(35)46-41/h1-24H. The number of nitrogens with zero attached hydrogens (tertiary/aromatic N) is 4. The van der Waals surface area contributed by atoms with E-state index in [-0.39, 0.29) is 0 Å². The monoisotopic (exact) mass is 612 g/mol. The van der Waals surface area contributed by atoms with E-state index in [1.807, 2.05) is 48.7 Å². The molecule has 5 heteroatoms. The first-order valence-electron chi connectivity index (χ1n) is 16.1. The van der Waals surface area contributed by atoms with Crippen LogP contribution < -0.4 is 0 Å². The van der Waals surface area contributed by atoms with Crippen LogP contribution in [0.15, 0.2) is 138 Å². The minimum absolute atomic E-state index is 0.811. The molecule has 11 rings (SSSR count). The van der Waals surface area contributed by atoms with Crippen molar-refractivity contribution in [3.05, 3.63) is 145 Å². The quantitative estimate of drug-likeness (QED) is 0.195. The Morgan fingerprint density at radius 2 is 1.35 bits per heavy atom. The summed E-state index contributed by atoms with van der Waals surface area (Å²) in [6, 6.07) is 42.5. The van der Waals surface area contributed by atoms with Gasteiger partial charge in [-0.15, -0.1) is 0 Å². The fourth-order valence-electron chi connectivity index (χ4n) is 7.70. The van der Waals surface area contributed by atoms with Gasteiger partial charge in [0.2, 0.25) is 0 Å². The second-order valence-corrected chi connectivity index (χ2v) is 12.4. The zero-order valence-electron chi connectivity index (χ0n) is 25.6. The van der Waals surface area contributed by atoms with E-state index >= 15 is 0 Å². The molecule has 0 saturated carbocycles. The SMILES string of the molecule is C1=Cc2cccc3c4ccc5cc6c(cc5c4n(c23)-c2cccc(-c3nc4ccccc4nc3-c3cccnc3)c21)oc1ccccc16. The van der Waals surface area contributed by atoms with Crippen molar-refractivity contribution in [1.82, 2.24) is 19.5 Å². The number of hydrogen-bond acceptors (Lipinski definition) is 4. The van der Waals surface area contributed by atoms with Gasteiger partial charge in [-0.2, -0.15) is 0 Å². The minimum atomic E-state index is 0.811. The molecule has 0 N–H and O–H groups in total. The Labute approximate surface area is 274 Å². The highest BCUT2D eigenvalue weighted by atomic mass is 16.3. The normalized spacial score (nSPS) is 12.5. The molecule has 222 valence electrons. The molecule has 0 aliphatic carbocycles. The Morgan fingerprint density at radius 3 is 2.25 bits per heavy atom. The van der Waals surface area contributed by atoms with E-state index in [2.05, 4.69) is 101 Å². The Hall–Kier alpha value is -6.59. The lowest BCUT2D eigenvalue weighted by Gasteiger charge is -2.17. The first-order valence-corrected chi connectivity index (χ1v) is 16.1. The summed E-state index contributed by atoms with van der Waals surface area (Å²) in [6.45, 7) is 0. The van der Waals surface area contributed by atoms with Crippen LogP contribution in [0.25, 0.3) is 106 Å². The molecule has 0 radical (unpaired) electrons. The van der Waals surface area contributed by atoms with Crippen LogP contribution in [-0.2, 0) is 0 Å². The van der Waals surface area contributed by atoms with E-state index in [4.69, 9.17) is 14.4 Å². The second-order valence-electron chi connectivity index (χ2n) is 12.4. The number of para-hydroxylation sites is 4. The van der Waals surface area contributed by atoms with Crippen molar-refractivity contribution in [1.29, 1.82) is 0 Å². The van der Waals surface area contributed by atoms with Gasteiger partial charge in [0, 0.05) is 56.0 Å². The molecule has 0 bridgehead atoms. The van der Waals surface area contributed by atoms with Crippen LogP contribution in [-0.4, -0.2) is 19.5 Å². The maximum absolute atomic E-state index is 6.41. The highest BCUT2D eigenvalue weighted by Gasteiger charge is 2.24. The van der Waals surface area contributed by atoms with Crippen LogP contribution in [0, 0.1) is 0 Å². The number of pyridine rings is 1. The Morgan fingerprint density at radius 1 is 0.542 bits per heavy atom. The van der Waals surface area contributed by atoms with E-state index in [1.165, 1.54) is 27.2 Å². The van der Waals surface area contributed by atoms with Crippen LogP contribution in [0.4, 0.5) is 0 Å². The number of fused-ring (bicyclic) bond motifs is 11. The van der Waals surface area contributed by atoms with Gasteiger partial charge in [-0.25, -0.2) is 9.97 Å². The molecule has 0 amide bonds. The van der Waals surface area contributed by atoms with Crippen molar-refractivity contribution < 1.29 is 4.42 Å². The van der Waals surface area contributed by atoms with E-state index in [9.17, 15) is 0 Å². The molecule has 0 saturated heterocycles. The van der Waals surface area contributed by atoms with Crippen LogP contribution in [0.5, 0.6) is 0 Å². The van der Waals surface area contributed by atoms with Gasteiger partial charge in [0.15, 0.2) is 0 Å². The van der Waals surface area contributed by atoms with Gasteiger partial charge >= 0.3 is 0 Å². The summed E-state index contributed by atoms with van der Waals surface area (Å²) in [4.78, 5) is 14.9. The second kappa shape index (κ2) is 9.47. The summed E-state index contributed by atoms with van der Waals surface area (Å²) in [5, 5.41) is 7.03. The molecule has 0 unspecified atom stereocenters. The maximum Gasteiger partial charge on any atom is 0.136 e. The van der Waals surface area contributed by atoms with E-state index < -0.39 is 0 Å². The lowest BCUT2D eigenvalue weighted by molar-refractivity contribution is 0.669. The summed E-state index contributed by atoms with van der Waals surface area (Å²) in [5.41, 5.74) is 12.8. The molecular weight excluding hydrogens is 589 g/mol. The summed E-state index contributed by atoms with van der Waals surface area (Å²) >= 11 is 0. The summed E-state index contributed by atoms with van der Waals surface area (Å²) < 4.78 is 8.87. The van der Waals surface area contributed by atoms with E-state index in [1.54, 1.807) is 6.20 Å². The first-order chi connectivity index (χ1) is 23.8. The topological polar surface area (TPSA) is 56.7 Å². The minimum Gasteiger partial charge on any atom is -0.456 e. The van der Waals surface area contributed by atoms with Gasteiger partial charge in [-0.05, 0) is 59.5 Å². The van der Waals surface area contributed by atoms with Crippen molar-refractivity contribution in [2.24, 2.45) is 0 Å². The fourth-order valence-corrected chi connectivity index (χ4v) is 7.70. The lowest BCUT2D eigenvalue weighted by Crippen LogP contribution is -2.01. The third kappa shape index (κ3) is 3.47. The average molecular weight is 613 g/mol. The third-order valence-electron chi connectivity index (χ3n) is 9.81. The van der Waals surface area contributed by atoms with Gasteiger partial charge in [0.05, 0.1) is 39.1 Å². The number of furan rings is 1. The largest absolute Gasteiger partial charge is 0.456 e. The Kier molecular flexibility index (Phi) is 5.05. The maximum atomic E-state index is 6.41. The molecule has 6 aromatic carbocycles. The predicted molar refractivity (Wildman–Crippen MR) is 196 cm³/mol. The van der Waals surface area contributed by atoms with Crippen molar-refractivity contribution in [3.63, 3.8) is 0 Å². The molecule has 0 fully saturated rings. The lowest BCUT2D eigenvalue weighted by atomic mass is 9.97. The summed E-state index contributed by atoms with van der Waals surface area (Å²) in [5.74, 6) is 0.